The van der Waals surface area contributed by atoms with Crippen molar-refractivity contribution in [3.05, 3.63) is 52.3 Å². The van der Waals surface area contributed by atoms with Gasteiger partial charge < -0.3 is 10.6 Å². The molecule has 0 spiro atoms. The Labute approximate surface area is 192 Å². The van der Waals surface area contributed by atoms with Gasteiger partial charge in [0, 0.05) is 51.0 Å². The predicted molar refractivity (Wildman–Crippen MR) is 131 cm³/mol. The lowest BCUT2D eigenvalue weighted by atomic mass is 10.00. The third kappa shape index (κ3) is 6.44. The number of nitrogens with zero attached hydrogens (tertiary/aromatic N) is 4. The number of nitrogens with one attached hydrogen (secondary N) is 2. The number of fused-ring (bicyclic) bond motifs is 1. The molecule has 0 radical (unpaired) electrons. The highest BCUT2D eigenvalue weighted by Gasteiger charge is 2.15. The summed E-state index contributed by atoms with van der Waals surface area (Å²) in [5, 5.41) is 11.3. The summed E-state index contributed by atoms with van der Waals surface area (Å²) in [7, 11) is 1.98. The zero-order chi connectivity index (χ0) is 19.9. The van der Waals surface area contributed by atoms with E-state index in [0.29, 0.717) is 6.54 Å². The van der Waals surface area contributed by atoms with Gasteiger partial charge in [-0.15, -0.1) is 24.0 Å². The van der Waals surface area contributed by atoms with Gasteiger partial charge in [0.05, 0.1) is 12.2 Å². The standard InChI is InChI=1S/C22H34N6.HI/c1-5-23-22(25-15-21-17(2)26-27(4)18(21)3)24-12-8-13-28-14-11-19-9-6-7-10-20(19)16-28;/h6-7,9-10H,5,8,11-16H2,1-4H3,(H2,23,24,25);1H. The molecule has 7 heteroatoms. The highest BCUT2D eigenvalue weighted by Crippen LogP contribution is 2.18. The molecule has 1 aliphatic heterocycles. The second kappa shape index (κ2) is 11.5. The molecule has 0 saturated carbocycles. The number of rotatable bonds is 7. The minimum Gasteiger partial charge on any atom is -0.357 e. The van der Waals surface area contributed by atoms with E-state index in [1.54, 1.807) is 0 Å². The summed E-state index contributed by atoms with van der Waals surface area (Å²) >= 11 is 0. The summed E-state index contributed by atoms with van der Waals surface area (Å²) in [5.41, 5.74) is 6.46. The number of aliphatic imine (C=N–C) groups is 1. The molecule has 1 aromatic heterocycles. The van der Waals surface area contributed by atoms with Gasteiger partial charge in [-0.3, -0.25) is 9.58 Å². The molecule has 0 aliphatic carbocycles. The zero-order valence-electron chi connectivity index (χ0n) is 18.2. The zero-order valence-corrected chi connectivity index (χ0v) is 20.5. The van der Waals surface area contributed by atoms with Crippen molar-refractivity contribution in [3.8, 4) is 0 Å². The van der Waals surface area contributed by atoms with E-state index in [4.69, 9.17) is 4.99 Å². The van der Waals surface area contributed by atoms with Crippen LogP contribution in [0.4, 0.5) is 0 Å². The van der Waals surface area contributed by atoms with Gasteiger partial charge >= 0.3 is 0 Å². The molecule has 29 heavy (non-hydrogen) atoms. The molecule has 0 unspecified atom stereocenters. The van der Waals surface area contributed by atoms with Crippen LogP contribution < -0.4 is 10.6 Å². The van der Waals surface area contributed by atoms with Crippen LogP contribution >= 0.6 is 24.0 Å². The molecule has 2 N–H and O–H groups in total. The monoisotopic (exact) mass is 510 g/mol. The van der Waals surface area contributed by atoms with E-state index in [1.165, 1.54) is 22.4 Å². The SMILES string of the molecule is CCNC(=NCc1c(C)nn(C)c1C)NCCCN1CCc2ccccc2C1.I. The van der Waals surface area contributed by atoms with Crippen molar-refractivity contribution < 1.29 is 0 Å². The fourth-order valence-corrected chi connectivity index (χ4v) is 3.80. The van der Waals surface area contributed by atoms with Crippen molar-refractivity contribution in [1.82, 2.24) is 25.3 Å². The van der Waals surface area contributed by atoms with E-state index in [-0.39, 0.29) is 24.0 Å². The van der Waals surface area contributed by atoms with Crippen LogP contribution in [-0.4, -0.2) is 46.8 Å². The third-order valence-electron chi connectivity index (χ3n) is 5.55. The van der Waals surface area contributed by atoms with Gasteiger partial charge in [-0.1, -0.05) is 24.3 Å². The van der Waals surface area contributed by atoms with Crippen LogP contribution in [0.2, 0.25) is 0 Å². The maximum atomic E-state index is 4.76. The number of aromatic nitrogens is 2. The van der Waals surface area contributed by atoms with Crippen molar-refractivity contribution in [2.24, 2.45) is 12.0 Å². The van der Waals surface area contributed by atoms with Gasteiger partial charge in [0.15, 0.2) is 5.96 Å². The number of benzene rings is 1. The lowest BCUT2D eigenvalue weighted by molar-refractivity contribution is 0.251. The van der Waals surface area contributed by atoms with Crippen LogP contribution in [0.15, 0.2) is 29.3 Å². The normalized spacial score (nSPS) is 14.3. The Morgan fingerprint density at radius 1 is 1.17 bits per heavy atom. The van der Waals surface area contributed by atoms with E-state index in [1.807, 2.05) is 11.7 Å². The molecular weight excluding hydrogens is 475 g/mol. The van der Waals surface area contributed by atoms with E-state index < -0.39 is 0 Å². The first-order chi connectivity index (χ1) is 13.6. The minimum absolute atomic E-state index is 0. The van der Waals surface area contributed by atoms with Gasteiger partial charge in [0.1, 0.15) is 0 Å². The number of guanidine groups is 1. The summed E-state index contributed by atoms with van der Waals surface area (Å²) in [6.07, 6.45) is 2.27. The van der Waals surface area contributed by atoms with Crippen LogP contribution in [0.5, 0.6) is 0 Å². The molecule has 2 aromatic rings. The fraction of sp³-hybridized carbons (Fsp3) is 0.545. The molecule has 160 valence electrons. The van der Waals surface area contributed by atoms with Crippen molar-refractivity contribution in [2.45, 2.75) is 46.7 Å². The minimum atomic E-state index is 0. The number of hydrogen-bond donors (Lipinski definition) is 2. The summed E-state index contributed by atoms with van der Waals surface area (Å²) in [6, 6.07) is 8.82. The Hall–Kier alpha value is -1.61. The Kier molecular flexibility index (Phi) is 9.42. The second-order valence-corrected chi connectivity index (χ2v) is 7.54. The summed E-state index contributed by atoms with van der Waals surface area (Å²) in [4.78, 5) is 7.31. The average molecular weight is 510 g/mol. The van der Waals surface area contributed by atoms with Crippen LogP contribution in [0.1, 0.15) is 41.4 Å². The third-order valence-corrected chi connectivity index (χ3v) is 5.55. The summed E-state index contributed by atoms with van der Waals surface area (Å²) < 4.78 is 1.93. The molecule has 0 atom stereocenters. The largest absolute Gasteiger partial charge is 0.357 e. The first-order valence-electron chi connectivity index (χ1n) is 10.4. The molecule has 0 bridgehead atoms. The van der Waals surface area contributed by atoms with Crippen molar-refractivity contribution >= 4 is 29.9 Å². The van der Waals surface area contributed by atoms with Crippen molar-refractivity contribution in [2.75, 3.05) is 26.2 Å². The lowest BCUT2D eigenvalue weighted by Gasteiger charge is -2.28. The Morgan fingerprint density at radius 3 is 2.62 bits per heavy atom. The second-order valence-electron chi connectivity index (χ2n) is 7.54. The smallest absolute Gasteiger partial charge is 0.191 e. The average Bonchev–Trinajstić information content (AvgIpc) is 2.94. The Morgan fingerprint density at radius 2 is 1.93 bits per heavy atom. The molecule has 0 amide bonds. The molecule has 3 rings (SSSR count). The van der Waals surface area contributed by atoms with Gasteiger partial charge in [0.2, 0.25) is 0 Å². The van der Waals surface area contributed by atoms with E-state index in [2.05, 4.69) is 65.7 Å². The quantitative estimate of drug-likeness (QED) is 0.260. The maximum absolute atomic E-state index is 4.76. The van der Waals surface area contributed by atoms with Crippen molar-refractivity contribution in [1.29, 1.82) is 0 Å². The van der Waals surface area contributed by atoms with E-state index in [9.17, 15) is 0 Å². The predicted octanol–water partition coefficient (Wildman–Crippen LogP) is 3.16. The highest BCUT2D eigenvalue weighted by molar-refractivity contribution is 14.0. The van der Waals surface area contributed by atoms with Crippen molar-refractivity contribution in [3.63, 3.8) is 0 Å². The lowest BCUT2D eigenvalue weighted by Crippen LogP contribution is -2.39. The molecule has 0 fully saturated rings. The number of aryl methyl sites for hydroxylation is 2. The van der Waals surface area contributed by atoms with Gasteiger partial charge in [-0.05, 0) is 44.7 Å². The van der Waals surface area contributed by atoms with Crippen LogP contribution in [0, 0.1) is 13.8 Å². The van der Waals surface area contributed by atoms with E-state index in [0.717, 1.165) is 57.2 Å². The topological polar surface area (TPSA) is 57.5 Å². The summed E-state index contributed by atoms with van der Waals surface area (Å²) in [6.45, 7) is 12.0. The molecule has 6 nitrogen and oxygen atoms in total. The maximum Gasteiger partial charge on any atom is 0.191 e. The fourth-order valence-electron chi connectivity index (χ4n) is 3.80. The summed E-state index contributed by atoms with van der Waals surface area (Å²) in [5.74, 6) is 0.883. The molecular formula is C22H35IN6. The number of hydrogen-bond acceptors (Lipinski definition) is 3. The first-order valence-corrected chi connectivity index (χ1v) is 10.4. The Balaban J connectivity index is 0.00000300. The first kappa shape index (κ1) is 23.7. The molecule has 1 aliphatic rings. The van der Waals surface area contributed by atoms with Crippen LogP contribution in [0.25, 0.3) is 0 Å². The number of halogens is 1. The van der Waals surface area contributed by atoms with Gasteiger partial charge in [-0.25, -0.2) is 4.99 Å². The van der Waals surface area contributed by atoms with Crippen LogP contribution in [-0.2, 0) is 26.6 Å². The van der Waals surface area contributed by atoms with Gasteiger partial charge in [0.25, 0.3) is 0 Å². The highest BCUT2D eigenvalue weighted by atomic mass is 127. The van der Waals surface area contributed by atoms with Gasteiger partial charge in [-0.2, -0.15) is 5.10 Å². The Bertz CT molecular complexity index is 814. The van der Waals surface area contributed by atoms with Crippen LogP contribution in [0.3, 0.4) is 0 Å². The molecule has 1 aromatic carbocycles. The van der Waals surface area contributed by atoms with E-state index >= 15 is 0 Å². The molecule has 0 saturated heterocycles. The molecule has 2 heterocycles.